The summed E-state index contributed by atoms with van der Waals surface area (Å²) < 4.78 is 1.52. The topological polar surface area (TPSA) is 51.4 Å². The minimum absolute atomic E-state index is 0.110. The Morgan fingerprint density at radius 1 is 1.04 bits per heavy atom. The molecule has 1 aliphatic carbocycles. The summed E-state index contributed by atoms with van der Waals surface area (Å²) >= 11 is 0. The van der Waals surface area contributed by atoms with Gasteiger partial charge in [0.25, 0.3) is 5.56 Å². The van der Waals surface area contributed by atoms with E-state index in [0.29, 0.717) is 28.2 Å². The maximum Gasteiger partial charge on any atom is 0.265 e. The monoisotopic (exact) mass is 302 g/mol. The van der Waals surface area contributed by atoms with Crippen LogP contribution >= 0.6 is 0 Å². The second-order valence-electron chi connectivity index (χ2n) is 5.73. The van der Waals surface area contributed by atoms with Crippen molar-refractivity contribution in [2.75, 3.05) is 0 Å². The maximum atomic E-state index is 12.8. The van der Waals surface area contributed by atoms with E-state index in [9.17, 15) is 9.59 Å². The standard InChI is InChI=1S/C19H14N2O2/c1-12-10-13-6-2-3-7-14(13)16(22)11-15-18(12)19(23)21-9-5-4-8-17(21)20-15/h2-9,11H,10H2,1H3/b15-11+,18-12+. The fraction of sp³-hybridized carbons (Fsp3) is 0.105. The minimum Gasteiger partial charge on any atom is -0.289 e. The number of aromatic nitrogens is 2. The molecule has 0 unspecified atom stereocenters. The van der Waals surface area contributed by atoms with Crippen molar-refractivity contribution in [3.05, 3.63) is 80.7 Å². The molecule has 0 bridgehead atoms. The number of hydrogen-bond acceptors (Lipinski definition) is 3. The van der Waals surface area contributed by atoms with Crippen molar-refractivity contribution in [2.24, 2.45) is 0 Å². The van der Waals surface area contributed by atoms with Gasteiger partial charge < -0.3 is 0 Å². The molecule has 2 aromatic heterocycles. The summed E-state index contributed by atoms with van der Waals surface area (Å²) in [6.45, 7) is 1.93. The van der Waals surface area contributed by atoms with E-state index in [1.54, 1.807) is 18.3 Å². The van der Waals surface area contributed by atoms with Crippen LogP contribution in [0.1, 0.15) is 22.8 Å². The van der Waals surface area contributed by atoms with Gasteiger partial charge in [0, 0.05) is 17.8 Å². The van der Waals surface area contributed by atoms with E-state index in [-0.39, 0.29) is 11.3 Å². The Morgan fingerprint density at radius 3 is 2.70 bits per heavy atom. The second kappa shape index (κ2) is 5.02. The molecule has 0 saturated heterocycles. The molecule has 4 nitrogen and oxygen atoms in total. The average Bonchev–Trinajstić information content (AvgIpc) is 2.54. The van der Waals surface area contributed by atoms with Crippen molar-refractivity contribution in [3.8, 4) is 0 Å². The molecular weight excluding hydrogens is 288 g/mol. The summed E-state index contributed by atoms with van der Waals surface area (Å²) in [5, 5.41) is 0.981. The normalized spacial score (nSPS) is 17.6. The third-order valence-electron chi connectivity index (χ3n) is 4.20. The smallest absolute Gasteiger partial charge is 0.265 e. The molecule has 4 heteroatoms. The van der Waals surface area contributed by atoms with Crippen LogP contribution in [0.3, 0.4) is 0 Å². The molecule has 23 heavy (non-hydrogen) atoms. The molecule has 0 N–H and O–H groups in total. The number of fused-ring (bicyclic) bond motifs is 3. The first-order valence-electron chi connectivity index (χ1n) is 7.46. The van der Waals surface area contributed by atoms with Gasteiger partial charge in [-0.1, -0.05) is 35.9 Å². The van der Waals surface area contributed by atoms with Gasteiger partial charge in [-0.3, -0.25) is 14.0 Å². The Morgan fingerprint density at radius 2 is 1.83 bits per heavy atom. The van der Waals surface area contributed by atoms with Crippen LogP contribution in [0, 0.1) is 0 Å². The van der Waals surface area contributed by atoms with Crippen molar-refractivity contribution in [3.63, 3.8) is 0 Å². The number of pyridine rings is 1. The Bertz CT molecular complexity index is 1140. The zero-order valence-electron chi connectivity index (χ0n) is 12.6. The van der Waals surface area contributed by atoms with Gasteiger partial charge in [-0.15, -0.1) is 0 Å². The van der Waals surface area contributed by atoms with Crippen LogP contribution in [0.15, 0.2) is 53.5 Å². The number of carbonyl (C=O) groups is 1. The largest absolute Gasteiger partial charge is 0.289 e. The van der Waals surface area contributed by atoms with E-state index >= 15 is 0 Å². The molecule has 0 atom stereocenters. The molecule has 1 aromatic carbocycles. The Balaban J connectivity index is 2.19. The van der Waals surface area contributed by atoms with Crippen LogP contribution in [0.4, 0.5) is 0 Å². The SMILES string of the molecule is C/C1=c2\c(=O)n3ccccc3n\c2=C\C(=O)c2ccccc2C1. The molecule has 112 valence electrons. The zero-order chi connectivity index (χ0) is 16.0. The predicted molar refractivity (Wildman–Crippen MR) is 88.7 cm³/mol. The Hall–Kier alpha value is -3.01. The van der Waals surface area contributed by atoms with Crippen LogP contribution in [-0.2, 0) is 6.42 Å². The third kappa shape index (κ3) is 2.11. The molecule has 0 spiro atoms. The number of benzene rings is 1. The molecule has 0 radical (unpaired) electrons. The van der Waals surface area contributed by atoms with Crippen molar-refractivity contribution in [1.29, 1.82) is 0 Å². The van der Waals surface area contributed by atoms with Crippen molar-refractivity contribution < 1.29 is 4.79 Å². The molecule has 2 heterocycles. The zero-order valence-corrected chi connectivity index (χ0v) is 12.6. The fourth-order valence-electron chi connectivity index (χ4n) is 3.10. The van der Waals surface area contributed by atoms with Crippen molar-refractivity contribution in [2.45, 2.75) is 13.3 Å². The fourth-order valence-corrected chi connectivity index (χ4v) is 3.10. The number of carbonyl (C=O) groups excluding carboxylic acids is 1. The van der Waals surface area contributed by atoms with E-state index in [4.69, 9.17) is 0 Å². The highest BCUT2D eigenvalue weighted by molar-refractivity contribution is 6.18. The molecular formula is C19H14N2O2. The summed E-state index contributed by atoms with van der Waals surface area (Å²) in [4.78, 5) is 29.9. The molecule has 4 rings (SSSR count). The molecule has 0 saturated carbocycles. The first-order valence-corrected chi connectivity index (χ1v) is 7.46. The molecule has 0 fully saturated rings. The lowest BCUT2D eigenvalue weighted by atomic mass is 9.95. The van der Waals surface area contributed by atoms with Crippen LogP contribution in [0.2, 0.25) is 0 Å². The van der Waals surface area contributed by atoms with Gasteiger partial charge in [0.15, 0.2) is 5.78 Å². The van der Waals surface area contributed by atoms with Gasteiger partial charge in [-0.25, -0.2) is 4.98 Å². The molecule has 0 aliphatic heterocycles. The quantitative estimate of drug-likeness (QED) is 0.624. The van der Waals surface area contributed by atoms with Crippen molar-refractivity contribution in [1.82, 2.24) is 9.38 Å². The lowest BCUT2D eigenvalue weighted by molar-refractivity contribution is 0.106. The van der Waals surface area contributed by atoms with Gasteiger partial charge in [0.05, 0.1) is 10.6 Å². The van der Waals surface area contributed by atoms with Crippen LogP contribution in [0.5, 0.6) is 0 Å². The summed E-state index contributed by atoms with van der Waals surface area (Å²) in [6.07, 6.45) is 3.75. The minimum atomic E-state index is -0.133. The summed E-state index contributed by atoms with van der Waals surface area (Å²) in [7, 11) is 0. The highest BCUT2D eigenvalue weighted by atomic mass is 16.1. The lowest BCUT2D eigenvalue weighted by Crippen LogP contribution is -2.47. The lowest BCUT2D eigenvalue weighted by Gasteiger charge is -2.11. The number of Topliss-reactive ketones (excluding diaryl/α,β-unsaturated/α-hetero) is 1. The maximum absolute atomic E-state index is 12.8. The van der Waals surface area contributed by atoms with E-state index in [1.807, 2.05) is 37.3 Å². The van der Waals surface area contributed by atoms with Crippen molar-refractivity contribution >= 4 is 23.1 Å². The number of hydrogen-bond donors (Lipinski definition) is 0. The molecule has 1 aliphatic rings. The first kappa shape index (κ1) is 13.6. The highest BCUT2D eigenvalue weighted by Gasteiger charge is 2.14. The van der Waals surface area contributed by atoms with Gasteiger partial charge in [0.2, 0.25) is 0 Å². The summed E-state index contributed by atoms with van der Waals surface area (Å²) in [5.41, 5.74) is 2.95. The van der Waals surface area contributed by atoms with Gasteiger partial charge >= 0.3 is 0 Å². The number of nitrogens with zero attached hydrogens (tertiary/aromatic N) is 2. The van der Waals surface area contributed by atoms with E-state index in [1.165, 1.54) is 10.5 Å². The summed E-state index contributed by atoms with van der Waals surface area (Å²) in [6, 6.07) is 12.9. The Labute approximate surface area is 132 Å². The van der Waals surface area contributed by atoms with Crippen LogP contribution < -0.4 is 16.1 Å². The van der Waals surface area contributed by atoms with Gasteiger partial charge in [0.1, 0.15) is 5.65 Å². The van der Waals surface area contributed by atoms with E-state index in [0.717, 1.165) is 11.1 Å². The van der Waals surface area contributed by atoms with E-state index < -0.39 is 0 Å². The summed E-state index contributed by atoms with van der Waals surface area (Å²) in [5.74, 6) is -0.110. The van der Waals surface area contributed by atoms with E-state index in [2.05, 4.69) is 4.98 Å². The second-order valence-corrected chi connectivity index (χ2v) is 5.73. The predicted octanol–water partition coefficient (Wildman–Crippen LogP) is 1.08. The Kier molecular flexibility index (Phi) is 2.98. The van der Waals surface area contributed by atoms with Crippen LogP contribution in [0.25, 0.3) is 17.3 Å². The first-order chi connectivity index (χ1) is 11.1. The number of rotatable bonds is 0. The molecule has 3 aromatic rings. The van der Waals surface area contributed by atoms with Crippen LogP contribution in [-0.4, -0.2) is 15.2 Å². The highest BCUT2D eigenvalue weighted by Crippen LogP contribution is 2.15. The third-order valence-corrected chi connectivity index (χ3v) is 4.20. The number of ketones is 1. The molecule has 0 amide bonds. The van der Waals surface area contributed by atoms with Gasteiger partial charge in [-0.2, -0.15) is 0 Å². The average molecular weight is 302 g/mol. The van der Waals surface area contributed by atoms with Gasteiger partial charge in [-0.05, 0) is 31.0 Å².